The molecule has 0 spiro atoms. The molecule has 0 aromatic heterocycles. The smallest absolute Gasteiger partial charge is 0.410 e. The van der Waals surface area contributed by atoms with Gasteiger partial charge in [-0.15, -0.1) is 0 Å². The average Bonchev–Trinajstić information content (AvgIpc) is 2.91. The summed E-state index contributed by atoms with van der Waals surface area (Å²) < 4.78 is 5.80. The van der Waals surface area contributed by atoms with Gasteiger partial charge in [-0.25, -0.2) is 9.64 Å². The van der Waals surface area contributed by atoms with Gasteiger partial charge in [-0.2, -0.15) is 0 Å². The predicted molar refractivity (Wildman–Crippen MR) is 175 cm³/mol. The van der Waals surface area contributed by atoms with E-state index in [4.69, 9.17) is 11.3 Å². The Balaban J connectivity index is 1.62. The molecule has 1 N–H and O–H groups in total. The second-order valence-electron chi connectivity index (χ2n) is 18.2. The van der Waals surface area contributed by atoms with E-state index in [1.807, 2.05) is 46.8 Å². The Morgan fingerprint density at radius 2 is 1.69 bits per heavy atom. The third-order valence-electron chi connectivity index (χ3n) is 13.5. The van der Waals surface area contributed by atoms with E-state index >= 15 is 0 Å². The summed E-state index contributed by atoms with van der Waals surface area (Å²) in [6, 6.07) is 0. The molecule has 1 amide bonds. The third-order valence-corrected chi connectivity index (χ3v) is 13.5. The summed E-state index contributed by atoms with van der Waals surface area (Å²) >= 11 is 0. The molecular formula is C38H56N2O5. The zero-order valence-corrected chi connectivity index (χ0v) is 29.4. The molecule has 7 atom stereocenters. The van der Waals surface area contributed by atoms with E-state index in [2.05, 4.69) is 39.5 Å². The van der Waals surface area contributed by atoms with E-state index in [0.29, 0.717) is 6.54 Å². The molecule has 0 radical (unpaired) electrons. The number of aliphatic hydroxyl groups is 1. The van der Waals surface area contributed by atoms with Crippen LogP contribution < -0.4 is 0 Å². The summed E-state index contributed by atoms with van der Waals surface area (Å²) in [6.07, 6.45) is 9.82. The fraction of sp³-hybridized carbons (Fsp3) is 0.789. The molecule has 3 saturated carbocycles. The maximum absolute atomic E-state index is 14.8. The second kappa shape index (κ2) is 10.5. The zero-order valence-electron chi connectivity index (χ0n) is 29.4. The van der Waals surface area contributed by atoms with E-state index in [1.54, 1.807) is 4.90 Å². The number of hydrogen-bond donors (Lipinski definition) is 1. The number of allylic oxidation sites excluding steroid dienone is 4. The van der Waals surface area contributed by atoms with E-state index in [-0.39, 0.29) is 69.8 Å². The van der Waals surface area contributed by atoms with Crippen molar-refractivity contribution in [1.29, 1.82) is 0 Å². The molecule has 5 aliphatic carbocycles. The van der Waals surface area contributed by atoms with Crippen molar-refractivity contribution in [3.05, 3.63) is 34.8 Å². The van der Waals surface area contributed by atoms with Crippen LogP contribution in [0, 0.1) is 56.8 Å². The summed E-state index contributed by atoms with van der Waals surface area (Å²) in [6.45, 7) is 29.4. The van der Waals surface area contributed by atoms with Crippen LogP contribution in [0.15, 0.2) is 23.4 Å². The number of rotatable bonds is 4. The summed E-state index contributed by atoms with van der Waals surface area (Å²) in [7, 11) is 0. The first-order chi connectivity index (χ1) is 20.6. The van der Waals surface area contributed by atoms with Gasteiger partial charge in [0.1, 0.15) is 5.60 Å². The van der Waals surface area contributed by atoms with Gasteiger partial charge in [-0.05, 0) is 105 Å². The first-order valence-corrected chi connectivity index (χ1v) is 17.1. The van der Waals surface area contributed by atoms with E-state index < -0.39 is 22.5 Å². The highest BCUT2D eigenvalue weighted by molar-refractivity contribution is 6.03. The lowest BCUT2D eigenvalue weighted by atomic mass is 9.34. The molecule has 0 aliphatic heterocycles. The van der Waals surface area contributed by atoms with Crippen molar-refractivity contribution in [2.45, 2.75) is 120 Å². The molecule has 0 aromatic rings. The number of amides is 1. The predicted octanol–water partition coefficient (Wildman–Crippen LogP) is 7.79. The standard InChI is InChI=1S/C38H56N2O5/c1-32(2,3)45-31(44)40(18-19-41)23-38-16-14-33(4,5)21-24(38)29-26(42)20-28-35(8)22-25(39-11)30(43)34(6,7)27(35)12-13-36(28,9)37(29,10)15-17-38/h20,22,24,27,29,41H,12-19,21,23H2,1-10H3/t24-,27-,29-,35-,36+,37+,38+/m0/s1. The summed E-state index contributed by atoms with van der Waals surface area (Å²) in [5.41, 5.74) is -1.35. The molecule has 0 aromatic carbocycles. The van der Waals surface area contributed by atoms with Crippen molar-refractivity contribution in [3.63, 3.8) is 0 Å². The van der Waals surface area contributed by atoms with Gasteiger partial charge >= 0.3 is 6.09 Å². The Hall–Kier alpha value is -2.46. The van der Waals surface area contributed by atoms with Gasteiger partial charge in [-0.1, -0.05) is 60.1 Å². The highest BCUT2D eigenvalue weighted by Gasteiger charge is 2.69. The fourth-order valence-corrected chi connectivity index (χ4v) is 11.0. The minimum absolute atomic E-state index is 0.0208. The minimum Gasteiger partial charge on any atom is -0.444 e. The van der Waals surface area contributed by atoms with Crippen LogP contribution in [0.2, 0.25) is 0 Å². The van der Waals surface area contributed by atoms with Crippen molar-refractivity contribution in [1.82, 2.24) is 4.90 Å². The molecule has 0 heterocycles. The maximum atomic E-state index is 14.8. The van der Waals surface area contributed by atoms with Gasteiger partial charge < -0.3 is 19.5 Å². The zero-order chi connectivity index (χ0) is 33.6. The molecular weight excluding hydrogens is 564 g/mol. The number of carbonyl (C=O) groups is 3. The van der Waals surface area contributed by atoms with Gasteiger partial charge in [0.25, 0.3) is 0 Å². The Kier molecular flexibility index (Phi) is 7.93. The Bertz CT molecular complexity index is 1390. The Morgan fingerprint density at radius 1 is 1.04 bits per heavy atom. The lowest BCUT2D eigenvalue weighted by Gasteiger charge is -2.69. The maximum Gasteiger partial charge on any atom is 0.410 e. The van der Waals surface area contributed by atoms with Crippen LogP contribution in [0.5, 0.6) is 0 Å². The number of ether oxygens (including phenoxy) is 1. The molecule has 7 heteroatoms. The van der Waals surface area contributed by atoms with Crippen LogP contribution in [0.4, 0.5) is 4.79 Å². The van der Waals surface area contributed by atoms with Crippen molar-refractivity contribution in [2.75, 3.05) is 19.7 Å². The van der Waals surface area contributed by atoms with Crippen LogP contribution in [0.25, 0.3) is 4.85 Å². The summed E-state index contributed by atoms with van der Waals surface area (Å²) in [5, 5.41) is 9.98. The van der Waals surface area contributed by atoms with Crippen LogP contribution in [-0.4, -0.2) is 53.0 Å². The lowest BCUT2D eigenvalue weighted by molar-refractivity contribution is -0.174. The summed E-state index contributed by atoms with van der Waals surface area (Å²) in [5.74, 6) is -0.0175. The number of nitrogens with zero attached hydrogens (tertiary/aromatic N) is 2. The topological polar surface area (TPSA) is 88.3 Å². The quantitative estimate of drug-likeness (QED) is 0.324. The average molecular weight is 621 g/mol. The molecule has 5 aliphatic rings. The SMILES string of the molecule is [C-]#[N+]C1=C[C@]2(C)C3=CC(=O)[C@@H]4[C@@H]5CC(C)(C)CC[C@]5(CN(CCO)C(=O)OC(C)(C)C)CC[C@@]4(C)[C@]3(C)CC[C@H]2C(C)(C)C1=O. The van der Waals surface area contributed by atoms with E-state index in [9.17, 15) is 19.5 Å². The minimum atomic E-state index is -0.681. The molecule has 5 rings (SSSR count). The van der Waals surface area contributed by atoms with Crippen molar-refractivity contribution in [3.8, 4) is 0 Å². The van der Waals surface area contributed by atoms with Crippen molar-refractivity contribution >= 4 is 17.7 Å². The highest BCUT2D eigenvalue weighted by Crippen LogP contribution is 2.74. The Labute approximate surface area is 271 Å². The van der Waals surface area contributed by atoms with Gasteiger partial charge in [0.2, 0.25) is 5.70 Å². The van der Waals surface area contributed by atoms with Crippen LogP contribution in [0.3, 0.4) is 0 Å². The highest BCUT2D eigenvalue weighted by atomic mass is 16.6. The fourth-order valence-electron chi connectivity index (χ4n) is 11.0. The monoisotopic (exact) mass is 620 g/mol. The number of aliphatic hydroxyl groups excluding tert-OH is 1. The van der Waals surface area contributed by atoms with Gasteiger partial charge in [-0.3, -0.25) is 4.79 Å². The number of fused-ring (bicyclic) bond motifs is 7. The molecule has 0 saturated heterocycles. The van der Waals surface area contributed by atoms with Crippen molar-refractivity contribution < 1.29 is 24.2 Å². The second-order valence-corrected chi connectivity index (χ2v) is 18.2. The normalized spacial score (nSPS) is 40.0. The number of ketones is 2. The summed E-state index contributed by atoms with van der Waals surface area (Å²) in [4.78, 5) is 47.0. The molecule has 248 valence electrons. The number of carbonyl (C=O) groups excluding carboxylic acids is 3. The number of Topliss-reactive ketones (excluding diaryl/α,β-unsaturated/α-hetero) is 1. The lowest BCUT2D eigenvalue weighted by Crippen LogP contribution is -2.66. The Morgan fingerprint density at radius 3 is 2.29 bits per heavy atom. The largest absolute Gasteiger partial charge is 0.444 e. The van der Waals surface area contributed by atoms with E-state index in [0.717, 1.165) is 50.5 Å². The van der Waals surface area contributed by atoms with Crippen molar-refractivity contribution in [2.24, 2.45) is 50.2 Å². The first kappa shape index (κ1) is 33.9. The van der Waals surface area contributed by atoms with Crippen LogP contribution in [-0.2, 0) is 14.3 Å². The van der Waals surface area contributed by atoms with E-state index in [1.165, 1.54) is 0 Å². The van der Waals surface area contributed by atoms with Crippen LogP contribution >= 0.6 is 0 Å². The molecule has 0 unspecified atom stereocenters. The molecule has 45 heavy (non-hydrogen) atoms. The first-order valence-electron chi connectivity index (χ1n) is 17.1. The number of hydrogen-bond acceptors (Lipinski definition) is 5. The molecule has 7 nitrogen and oxygen atoms in total. The molecule has 0 bridgehead atoms. The molecule has 3 fully saturated rings. The van der Waals surface area contributed by atoms with Gasteiger partial charge in [0.15, 0.2) is 11.6 Å². The van der Waals surface area contributed by atoms with Gasteiger partial charge in [0.05, 0.1) is 13.2 Å². The van der Waals surface area contributed by atoms with Gasteiger partial charge in [0, 0.05) is 29.8 Å². The van der Waals surface area contributed by atoms with Crippen LogP contribution in [0.1, 0.15) is 114 Å². The third kappa shape index (κ3) is 5.04.